The number of rotatable bonds is 5. The molecule has 0 aromatic rings. The van der Waals surface area contributed by atoms with Gasteiger partial charge in [-0.25, -0.2) is 0 Å². The predicted molar refractivity (Wildman–Crippen MR) is 55.8 cm³/mol. The Hall–Kier alpha value is -1.91. The molecule has 0 aromatic heterocycles. The molecule has 0 unspecified atom stereocenters. The van der Waals surface area contributed by atoms with Crippen LogP contribution in [-0.4, -0.2) is 18.2 Å². The zero-order valence-corrected chi connectivity index (χ0v) is 8.20. The van der Waals surface area contributed by atoms with Crippen molar-refractivity contribution >= 4 is 6.21 Å². The van der Waals surface area contributed by atoms with Crippen LogP contribution < -0.4 is 5.32 Å². The van der Waals surface area contributed by atoms with Gasteiger partial charge >= 0.3 is 0 Å². The van der Waals surface area contributed by atoms with Gasteiger partial charge in [0.1, 0.15) is 0 Å². The summed E-state index contributed by atoms with van der Waals surface area (Å²) in [6.45, 7) is 5.08. The van der Waals surface area contributed by atoms with E-state index in [0.29, 0.717) is 5.70 Å². The van der Waals surface area contributed by atoms with Crippen LogP contribution >= 0.6 is 0 Å². The van der Waals surface area contributed by atoms with Gasteiger partial charge in [-0.3, -0.25) is 10.1 Å². The molecule has 0 aliphatic rings. The molecule has 14 heavy (non-hydrogen) atoms. The van der Waals surface area contributed by atoms with Crippen molar-refractivity contribution in [3.05, 3.63) is 45.8 Å². The van der Waals surface area contributed by atoms with Crippen molar-refractivity contribution in [2.45, 2.75) is 6.92 Å². The first kappa shape index (κ1) is 12.1. The third kappa shape index (κ3) is 2.55. The highest BCUT2D eigenvalue weighted by molar-refractivity contribution is 5.83. The third-order valence-electron chi connectivity index (χ3n) is 1.66. The van der Waals surface area contributed by atoms with Crippen molar-refractivity contribution in [2.24, 2.45) is 0 Å². The van der Waals surface area contributed by atoms with E-state index in [1.807, 2.05) is 0 Å². The van der Waals surface area contributed by atoms with Crippen LogP contribution in [0.5, 0.6) is 0 Å². The molecule has 0 bridgehead atoms. The van der Waals surface area contributed by atoms with E-state index in [2.05, 4.69) is 11.9 Å². The van der Waals surface area contributed by atoms with Crippen LogP contribution in [0.4, 0.5) is 0 Å². The molecule has 0 rings (SSSR count). The summed E-state index contributed by atoms with van der Waals surface area (Å²) < 4.78 is 0. The van der Waals surface area contributed by atoms with Crippen LogP contribution in [0.25, 0.3) is 0 Å². The summed E-state index contributed by atoms with van der Waals surface area (Å²) in [6.07, 6.45) is 3.72. The molecular formula is C9H13N3O2. The Balaban J connectivity index is 5.50. The Kier molecular flexibility index (Phi) is 4.91. The van der Waals surface area contributed by atoms with Crippen molar-refractivity contribution in [1.82, 2.24) is 5.32 Å². The molecule has 0 radical (unpaired) electrons. The molecule has 0 saturated heterocycles. The molecule has 0 amide bonds. The van der Waals surface area contributed by atoms with E-state index in [1.54, 1.807) is 20.0 Å². The number of hydrogen-bond donors (Lipinski definition) is 2. The largest absolute Gasteiger partial charge is 0.388 e. The van der Waals surface area contributed by atoms with Crippen molar-refractivity contribution in [1.29, 1.82) is 5.41 Å². The van der Waals surface area contributed by atoms with Gasteiger partial charge in [-0.1, -0.05) is 12.7 Å². The molecule has 0 fully saturated rings. The van der Waals surface area contributed by atoms with Crippen molar-refractivity contribution in [2.75, 3.05) is 7.05 Å². The molecule has 0 aliphatic carbocycles. The van der Waals surface area contributed by atoms with Crippen molar-refractivity contribution in [3.8, 4) is 0 Å². The maximum Gasteiger partial charge on any atom is 0.279 e. The first-order valence-corrected chi connectivity index (χ1v) is 3.98. The summed E-state index contributed by atoms with van der Waals surface area (Å²) in [5, 5.41) is 20.5. The molecule has 5 nitrogen and oxygen atoms in total. The van der Waals surface area contributed by atoms with E-state index < -0.39 is 4.92 Å². The molecule has 0 atom stereocenters. The van der Waals surface area contributed by atoms with Crippen LogP contribution in [0.15, 0.2) is 35.7 Å². The zero-order chi connectivity index (χ0) is 11.1. The normalized spacial score (nSPS) is 12.9. The van der Waals surface area contributed by atoms with Crippen LogP contribution in [0, 0.1) is 15.5 Å². The lowest BCUT2D eigenvalue weighted by molar-refractivity contribution is -0.419. The first-order valence-electron chi connectivity index (χ1n) is 3.98. The minimum Gasteiger partial charge on any atom is -0.388 e. The second-order valence-electron chi connectivity index (χ2n) is 2.36. The fourth-order valence-corrected chi connectivity index (χ4v) is 1.01. The highest BCUT2D eigenvalue weighted by atomic mass is 16.6. The lowest BCUT2D eigenvalue weighted by Crippen LogP contribution is -2.13. The van der Waals surface area contributed by atoms with E-state index in [9.17, 15) is 10.1 Å². The molecule has 5 heteroatoms. The molecule has 0 heterocycles. The van der Waals surface area contributed by atoms with Gasteiger partial charge in [0.05, 0.1) is 10.5 Å². The summed E-state index contributed by atoms with van der Waals surface area (Å²) in [7, 11) is 1.64. The Morgan fingerprint density at radius 1 is 1.64 bits per heavy atom. The second-order valence-corrected chi connectivity index (χ2v) is 2.36. The Bertz CT molecular complexity index is 316. The van der Waals surface area contributed by atoms with Crippen LogP contribution in [-0.2, 0) is 0 Å². The predicted octanol–water partition coefficient (Wildman–Crippen LogP) is 1.48. The summed E-state index contributed by atoms with van der Waals surface area (Å²) in [4.78, 5) is 10.0. The quantitative estimate of drug-likeness (QED) is 0.302. The second kappa shape index (κ2) is 5.69. The smallest absolute Gasteiger partial charge is 0.279 e. The van der Waals surface area contributed by atoms with E-state index in [0.717, 1.165) is 12.3 Å². The van der Waals surface area contributed by atoms with E-state index in [4.69, 9.17) is 5.41 Å². The van der Waals surface area contributed by atoms with Gasteiger partial charge in [0, 0.05) is 25.0 Å². The summed E-state index contributed by atoms with van der Waals surface area (Å²) in [6, 6.07) is 0. The van der Waals surface area contributed by atoms with E-state index in [1.165, 1.54) is 0 Å². The molecule has 0 aromatic carbocycles. The minimum absolute atomic E-state index is 0.178. The van der Waals surface area contributed by atoms with Crippen LogP contribution in [0.1, 0.15) is 6.92 Å². The van der Waals surface area contributed by atoms with Gasteiger partial charge in [0.2, 0.25) is 0 Å². The Morgan fingerprint density at radius 3 is 2.43 bits per heavy atom. The van der Waals surface area contributed by atoms with Gasteiger partial charge in [0.25, 0.3) is 5.70 Å². The molecular weight excluding hydrogens is 182 g/mol. The van der Waals surface area contributed by atoms with Crippen molar-refractivity contribution in [3.63, 3.8) is 0 Å². The highest BCUT2D eigenvalue weighted by Crippen LogP contribution is 2.11. The van der Waals surface area contributed by atoms with Crippen molar-refractivity contribution < 1.29 is 4.92 Å². The fourth-order valence-electron chi connectivity index (χ4n) is 1.01. The van der Waals surface area contributed by atoms with Gasteiger partial charge in [-0.15, -0.1) is 0 Å². The molecule has 2 N–H and O–H groups in total. The Morgan fingerprint density at radius 2 is 2.21 bits per heavy atom. The minimum atomic E-state index is -0.561. The average molecular weight is 195 g/mol. The van der Waals surface area contributed by atoms with E-state index in [-0.39, 0.29) is 11.3 Å². The Labute approximate surface area is 82.5 Å². The SMILES string of the molecule is C=C/C(=C(C=N)\C(=C/C)NC)[N+](=O)[O-]. The molecule has 0 spiro atoms. The number of nitro groups is 1. The molecule has 0 aliphatic heterocycles. The van der Waals surface area contributed by atoms with Gasteiger partial charge in [0.15, 0.2) is 0 Å². The van der Waals surface area contributed by atoms with Crippen LogP contribution in [0.3, 0.4) is 0 Å². The lowest BCUT2D eigenvalue weighted by Gasteiger charge is -2.05. The molecule has 0 saturated carbocycles. The monoisotopic (exact) mass is 195 g/mol. The summed E-state index contributed by atoms with van der Waals surface area (Å²) in [5.41, 5.74) is 0.573. The van der Waals surface area contributed by atoms with Gasteiger partial charge in [-0.2, -0.15) is 0 Å². The number of hydrogen-bond acceptors (Lipinski definition) is 4. The fraction of sp³-hybridized carbons (Fsp3) is 0.222. The average Bonchev–Trinajstić information content (AvgIpc) is 2.17. The maximum absolute atomic E-state index is 10.6. The zero-order valence-electron chi connectivity index (χ0n) is 8.20. The topological polar surface area (TPSA) is 79.0 Å². The third-order valence-corrected chi connectivity index (χ3v) is 1.66. The number of allylic oxidation sites excluding steroid dienone is 3. The van der Waals surface area contributed by atoms with E-state index >= 15 is 0 Å². The van der Waals surface area contributed by atoms with Gasteiger partial charge in [-0.05, 0) is 6.92 Å². The number of nitrogens with zero attached hydrogens (tertiary/aromatic N) is 1. The number of likely N-dealkylation sites (N-methyl/N-ethyl adjacent to an activating group) is 1. The standard InChI is InChI=1S/C9H13N3O2/c1-4-8(11-3)7(6-10)9(5-2)12(13)14/h4-6,10-11H,2H2,1,3H3/b8-4+,9-7+,10-6?. The van der Waals surface area contributed by atoms with Crippen LogP contribution in [0.2, 0.25) is 0 Å². The highest BCUT2D eigenvalue weighted by Gasteiger charge is 2.15. The number of nitrogens with one attached hydrogen (secondary N) is 2. The summed E-state index contributed by atoms with van der Waals surface area (Å²) >= 11 is 0. The maximum atomic E-state index is 10.6. The first-order chi connectivity index (χ1) is 6.62. The van der Waals surface area contributed by atoms with Gasteiger partial charge < -0.3 is 10.7 Å². The molecule has 76 valence electrons. The summed E-state index contributed by atoms with van der Waals surface area (Å²) in [5.74, 6) is 0. The lowest BCUT2D eigenvalue weighted by atomic mass is 10.1.